The van der Waals surface area contributed by atoms with Gasteiger partial charge in [-0.2, -0.15) is 0 Å². The number of para-hydroxylation sites is 2. The Kier molecular flexibility index (Phi) is 5.14. The van der Waals surface area contributed by atoms with Gasteiger partial charge in [0.15, 0.2) is 6.61 Å². The van der Waals surface area contributed by atoms with Crippen molar-refractivity contribution in [3.05, 3.63) is 65.4 Å². The van der Waals surface area contributed by atoms with E-state index in [-0.39, 0.29) is 19.2 Å². The number of primary amides is 1. The van der Waals surface area contributed by atoms with Crippen LogP contribution in [0.3, 0.4) is 0 Å². The van der Waals surface area contributed by atoms with Crippen LogP contribution in [0.15, 0.2) is 59.8 Å². The highest BCUT2D eigenvalue weighted by Gasteiger charge is 2.34. The second-order valence-corrected chi connectivity index (χ2v) is 6.90. The normalized spacial score (nSPS) is 15.5. The van der Waals surface area contributed by atoms with Crippen LogP contribution in [0.25, 0.3) is 11.0 Å². The summed E-state index contributed by atoms with van der Waals surface area (Å²) >= 11 is 0. The fourth-order valence-corrected chi connectivity index (χ4v) is 3.65. The molecular formula is C22H22N4O4. The molecule has 2 heterocycles. The maximum absolute atomic E-state index is 12.9. The first-order chi connectivity index (χ1) is 14.5. The molecule has 8 heteroatoms. The number of carbonyl (C=O) groups is 2. The summed E-state index contributed by atoms with van der Waals surface area (Å²) in [5, 5.41) is 3.24. The molecule has 30 heavy (non-hydrogen) atoms. The number of imidazole rings is 1. The first-order valence-corrected chi connectivity index (χ1v) is 9.62. The average Bonchev–Trinajstić information content (AvgIpc) is 3.09. The van der Waals surface area contributed by atoms with Gasteiger partial charge < -0.3 is 20.5 Å². The van der Waals surface area contributed by atoms with E-state index >= 15 is 0 Å². The molecule has 8 nitrogen and oxygen atoms in total. The van der Waals surface area contributed by atoms with Crippen molar-refractivity contribution >= 4 is 28.9 Å². The van der Waals surface area contributed by atoms with Crippen LogP contribution in [0.5, 0.6) is 5.75 Å². The average molecular weight is 406 g/mol. The van der Waals surface area contributed by atoms with Crippen molar-refractivity contribution in [1.29, 1.82) is 0 Å². The molecule has 1 aliphatic heterocycles. The number of ether oxygens (including phenoxy) is 2. The van der Waals surface area contributed by atoms with Crippen LogP contribution >= 0.6 is 0 Å². The largest absolute Gasteiger partial charge is 0.484 e. The number of hydrogen-bond acceptors (Lipinski definition) is 6. The predicted octanol–water partition coefficient (Wildman–Crippen LogP) is 2.75. The number of anilines is 1. The van der Waals surface area contributed by atoms with Gasteiger partial charge >= 0.3 is 5.97 Å². The van der Waals surface area contributed by atoms with Crippen molar-refractivity contribution in [3.63, 3.8) is 0 Å². The number of carbonyl (C=O) groups excluding carboxylic acids is 2. The lowest BCUT2D eigenvalue weighted by molar-refractivity contribution is -0.139. The zero-order valence-electron chi connectivity index (χ0n) is 16.7. The quantitative estimate of drug-likeness (QED) is 0.610. The fraction of sp³-hybridized carbons (Fsp3) is 0.227. The molecule has 1 aliphatic rings. The van der Waals surface area contributed by atoms with Gasteiger partial charge in [-0.15, -0.1) is 0 Å². The van der Waals surface area contributed by atoms with Crippen LogP contribution in [0.4, 0.5) is 5.95 Å². The summed E-state index contributed by atoms with van der Waals surface area (Å²) in [4.78, 5) is 28.5. The lowest BCUT2D eigenvalue weighted by Crippen LogP contribution is -2.29. The van der Waals surface area contributed by atoms with E-state index in [1.165, 1.54) is 0 Å². The minimum Gasteiger partial charge on any atom is -0.484 e. The van der Waals surface area contributed by atoms with E-state index < -0.39 is 11.9 Å². The van der Waals surface area contributed by atoms with Gasteiger partial charge in [-0.25, -0.2) is 9.78 Å². The molecule has 154 valence electrons. The van der Waals surface area contributed by atoms with Crippen molar-refractivity contribution in [2.24, 2.45) is 5.73 Å². The van der Waals surface area contributed by atoms with Crippen LogP contribution in [0.2, 0.25) is 0 Å². The van der Waals surface area contributed by atoms with E-state index in [4.69, 9.17) is 15.2 Å². The number of nitrogens with two attached hydrogens (primary N) is 1. The number of benzene rings is 2. The number of amides is 1. The second-order valence-electron chi connectivity index (χ2n) is 6.90. The highest BCUT2D eigenvalue weighted by atomic mass is 16.5. The summed E-state index contributed by atoms with van der Waals surface area (Å²) in [5.74, 6) is 0.237. The number of aromatic nitrogens is 2. The van der Waals surface area contributed by atoms with Gasteiger partial charge in [0.1, 0.15) is 5.75 Å². The van der Waals surface area contributed by atoms with Gasteiger partial charge in [0.05, 0.1) is 29.3 Å². The minimum atomic E-state index is -0.546. The van der Waals surface area contributed by atoms with Crippen molar-refractivity contribution in [2.45, 2.75) is 19.9 Å². The van der Waals surface area contributed by atoms with E-state index in [2.05, 4.69) is 10.3 Å². The summed E-state index contributed by atoms with van der Waals surface area (Å²) in [6.07, 6.45) is 0. The third-order valence-electron chi connectivity index (χ3n) is 4.90. The molecular weight excluding hydrogens is 384 g/mol. The number of nitrogens with zero attached hydrogens (tertiary/aromatic N) is 2. The summed E-state index contributed by atoms with van der Waals surface area (Å²) in [6, 6.07) is 14.5. The van der Waals surface area contributed by atoms with Gasteiger partial charge in [-0.1, -0.05) is 24.3 Å². The predicted molar refractivity (Wildman–Crippen MR) is 112 cm³/mol. The van der Waals surface area contributed by atoms with E-state index in [1.807, 2.05) is 47.9 Å². The number of hydrogen-bond donors (Lipinski definition) is 2. The highest BCUT2D eigenvalue weighted by molar-refractivity contribution is 5.94. The van der Waals surface area contributed by atoms with E-state index in [1.54, 1.807) is 19.1 Å². The molecule has 1 unspecified atom stereocenters. The van der Waals surface area contributed by atoms with E-state index in [9.17, 15) is 9.59 Å². The Morgan fingerprint density at radius 1 is 1.17 bits per heavy atom. The maximum Gasteiger partial charge on any atom is 0.338 e. The molecule has 0 bridgehead atoms. The lowest BCUT2D eigenvalue weighted by Gasteiger charge is -2.30. The van der Waals surface area contributed by atoms with Crippen molar-refractivity contribution in [3.8, 4) is 5.75 Å². The zero-order valence-corrected chi connectivity index (χ0v) is 16.7. The van der Waals surface area contributed by atoms with E-state index in [0.717, 1.165) is 16.6 Å². The van der Waals surface area contributed by atoms with Gasteiger partial charge in [0.2, 0.25) is 5.95 Å². The van der Waals surface area contributed by atoms with E-state index in [0.29, 0.717) is 23.0 Å². The Morgan fingerprint density at radius 3 is 2.60 bits per heavy atom. The number of rotatable bonds is 6. The topological polar surface area (TPSA) is 108 Å². The summed E-state index contributed by atoms with van der Waals surface area (Å²) in [6.45, 7) is 3.70. The third kappa shape index (κ3) is 3.47. The number of fused-ring (bicyclic) bond motifs is 3. The molecule has 3 N–H and O–H groups in total. The lowest BCUT2D eigenvalue weighted by atomic mass is 9.95. The standard InChI is InChI=1S/C22H22N4O4/c1-3-29-21(28)19-13(2)24-22-25-16-6-4-5-7-17(16)26(22)20(19)14-8-10-15(11-9-14)30-12-18(23)27/h4-11,20H,3,12H2,1-2H3,(H2,23,27)(H,24,25). The maximum atomic E-state index is 12.9. The van der Waals surface area contributed by atoms with Crippen molar-refractivity contribution < 1.29 is 19.1 Å². The number of nitrogens with one attached hydrogen (secondary N) is 1. The Balaban J connectivity index is 1.83. The molecule has 3 aromatic rings. The first kappa shape index (κ1) is 19.5. The van der Waals surface area contributed by atoms with Crippen LogP contribution in [-0.4, -0.2) is 34.6 Å². The second kappa shape index (κ2) is 7.90. The molecule has 0 aliphatic carbocycles. The number of allylic oxidation sites excluding steroid dienone is 1. The Hall–Kier alpha value is -3.81. The zero-order chi connectivity index (χ0) is 21.3. The van der Waals surface area contributed by atoms with Crippen molar-refractivity contribution in [1.82, 2.24) is 9.55 Å². The van der Waals surface area contributed by atoms with Gasteiger partial charge in [0, 0.05) is 5.70 Å². The van der Waals surface area contributed by atoms with Crippen LogP contribution < -0.4 is 15.8 Å². The SMILES string of the molecule is CCOC(=O)C1=C(C)Nc2nc3ccccc3n2C1c1ccc(OCC(N)=O)cc1. The number of esters is 1. The van der Waals surface area contributed by atoms with Crippen LogP contribution in [0.1, 0.15) is 25.5 Å². The van der Waals surface area contributed by atoms with Crippen LogP contribution in [-0.2, 0) is 14.3 Å². The molecule has 1 amide bonds. The van der Waals surface area contributed by atoms with Crippen molar-refractivity contribution in [2.75, 3.05) is 18.5 Å². The molecule has 2 aromatic carbocycles. The van der Waals surface area contributed by atoms with Gasteiger partial charge in [0.25, 0.3) is 5.91 Å². The molecule has 0 radical (unpaired) electrons. The molecule has 0 fully saturated rings. The Labute approximate surface area is 173 Å². The van der Waals surface area contributed by atoms with Gasteiger partial charge in [-0.3, -0.25) is 9.36 Å². The summed E-state index contributed by atoms with van der Waals surface area (Å²) < 4.78 is 12.7. The molecule has 4 rings (SSSR count). The summed E-state index contributed by atoms with van der Waals surface area (Å²) in [7, 11) is 0. The Morgan fingerprint density at radius 2 is 1.90 bits per heavy atom. The van der Waals surface area contributed by atoms with Crippen LogP contribution in [0, 0.1) is 0 Å². The first-order valence-electron chi connectivity index (χ1n) is 9.62. The summed E-state index contributed by atoms with van der Waals surface area (Å²) in [5.41, 5.74) is 8.92. The molecule has 0 spiro atoms. The minimum absolute atomic E-state index is 0.198. The fourth-order valence-electron chi connectivity index (χ4n) is 3.65. The smallest absolute Gasteiger partial charge is 0.338 e. The third-order valence-corrected chi connectivity index (χ3v) is 4.90. The monoisotopic (exact) mass is 406 g/mol. The molecule has 0 saturated heterocycles. The highest BCUT2D eigenvalue weighted by Crippen LogP contribution is 2.39. The van der Waals surface area contributed by atoms with Gasteiger partial charge in [-0.05, 0) is 43.7 Å². The molecule has 0 saturated carbocycles. The molecule has 1 aromatic heterocycles. The Bertz CT molecular complexity index is 1150. The molecule has 1 atom stereocenters.